The zero-order chi connectivity index (χ0) is 12.1. The number of rotatable bonds is 6. The van der Waals surface area contributed by atoms with Gasteiger partial charge in [-0.25, -0.2) is 0 Å². The molecule has 0 aliphatic carbocycles. The minimum Gasteiger partial charge on any atom is -0.463 e. The quantitative estimate of drug-likeness (QED) is 0.799. The number of nitrogens with two attached hydrogens (primary N) is 1. The molecule has 4 heteroatoms. The number of aryl methyl sites for hydroxylation is 1. The summed E-state index contributed by atoms with van der Waals surface area (Å²) in [5.74, 6) is 1.84. The fourth-order valence-corrected chi connectivity index (χ4v) is 1.64. The van der Waals surface area contributed by atoms with E-state index in [0.717, 1.165) is 30.2 Å². The highest BCUT2D eigenvalue weighted by Crippen LogP contribution is 2.16. The Hall–Kier alpha value is -0.840. The van der Waals surface area contributed by atoms with Gasteiger partial charge in [0.15, 0.2) is 0 Å². The molecule has 2 N–H and O–H groups in total. The second-order valence-corrected chi connectivity index (χ2v) is 4.24. The van der Waals surface area contributed by atoms with Crippen LogP contribution in [0.1, 0.15) is 24.0 Å². The predicted molar refractivity (Wildman–Crippen MR) is 64.1 cm³/mol. The van der Waals surface area contributed by atoms with Gasteiger partial charge in [-0.2, -0.15) is 0 Å². The summed E-state index contributed by atoms with van der Waals surface area (Å²) >= 11 is 0. The Morgan fingerprint density at radius 2 is 2.25 bits per heavy atom. The molecular formula is C12H22N2O2. The molecule has 0 spiro atoms. The van der Waals surface area contributed by atoms with Gasteiger partial charge in [-0.15, -0.1) is 0 Å². The van der Waals surface area contributed by atoms with Crippen LogP contribution in [0, 0.1) is 6.92 Å². The number of likely N-dealkylation sites (N-methyl/N-ethyl adjacent to an activating group) is 1. The molecule has 0 radical (unpaired) electrons. The van der Waals surface area contributed by atoms with Crippen LogP contribution in [0.4, 0.5) is 0 Å². The molecule has 0 aliphatic heterocycles. The summed E-state index contributed by atoms with van der Waals surface area (Å²) in [6.45, 7) is 6.12. The van der Waals surface area contributed by atoms with Gasteiger partial charge in [0.2, 0.25) is 0 Å². The maximum absolute atomic E-state index is 5.66. The molecule has 0 saturated carbocycles. The van der Waals surface area contributed by atoms with Gasteiger partial charge in [-0.1, -0.05) is 0 Å². The molecule has 1 aromatic heterocycles. The van der Waals surface area contributed by atoms with E-state index in [9.17, 15) is 0 Å². The molecule has 1 rings (SSSR count). The molecule has 92 valence electrons. The van der Waals surface area contributed by atoms with Gasteiger partial charge in [0, 0.05) is 13.2 Å². The Labute approximate surface area is 97.4 Å². The van der Waals surface area contributed by atoms with E-state index in [0.29, 0.717) is 12.6 Å². The monoisotopic (exact) mass is 226 g/mol. The molecule has 0 amide bonds. The first-order chi connectivity index (χ1) is 7.58. The van der Waals surface area contributed by atoms with Crippen molar-refractivity contribution in [1.29, 1.82) is 0 Å². The van der Waals surface area contributed by atoms with Gasteiger partial charge in [-0.3, -0.25) is 4.90 Å². The van der Waals surface area contributed by atoms with E-state index in [1.165, 1.54) is 0 Å². The van der Waals surface area contributed by atoms with E-state index in [2.05, 4.69) is 24.9 Å². The molecule has 1 heterocycles. The Balaban J connectivity index is 2.58. The van der Waals surface area contributed by atoms with Gasteiger partial charge >= 0.3 is 0 Å². The van der Waals surface area contributed by atoms with Gasteiger partial charge in [-0.05, 0) is 32.5 Å². The van der Waals surface area contributed by atoms with E-state index in [1.807, 2.05) is 6.92 Å². The first-order valence-corrected chi connectivity index (χ1v) is 5.56. The molecule has 4 nitrogen and oxygen atoms in total. The van der Waals surface area contributed by atoms with Crippen LogP contribution in [0.2, 0.25) is 0 Å². The lowest BCUT2D eigenvalue weighted by Gasteiger charge is -2.22. The van der Waals surface area contributed by atoms with Crippen LogP contribution in [0.5, 0.6) is 0 Å². The highest BCUT2D eigenvalue weighted by Gasteiger charge is 2.12. The molecule has 0 fully saturated rings. The average Bonchev–Trinajstić information content (AvgIpc) is 2.59. The third-order valence-electron chi connectivity index (χ3n) is 2.82. The summed E-state index contributed by atoms with van der Waals surface area (Å²) in [5.41, 5.74) is 6.70. The fraction of sp³-hybridized carbons (Fsp3) is 0.667. The Bertz CT molecular complexity index is 323. The largest absolute Gasteiger partial charge is 0.463 e. The maximum atomic E-state index is 5.66. The average molecular weight is 226 g/mol. The minimum absolute atomic E-state index is 0.372. The lowest BCUT2D eigenvalue weighted by atomic mass is 10.2. The third kappa shape index (κ3) is 3.33. The third-order valence-corrected chi connectivity index (χ3v) is 2.82. The maximum Gasteiger partial charge on any atom is 0.120 e. The summed E-state index contributed by atoms with van der Waals surface area (Å²) in [6, 6.07) is 2.43. The van der Waals surface area contributed by atoms with Gasteiger partial charge in [0.05, 0.1) is 19.7 Å². The summed E-state index contributed by atoms with van der Waals surface area (Å²) in [6.07, 6.45) is 0. The van der Waals surface area contributed by atoms with Crippen LogP contribution in [0.15, 0.2) is 10.5 Å². The Morgan fingerprint density at radius 3 is 2.75 bits per heavy atom. The SMILES string of the molecule is COCC(C)N(C)Cc1cc(C)c(CN)o1. The topological polar surface area (TPSA) is 51.6 Å². The van der Waals surface area contributed by atoms with Gasteiger partial charge in [0.25, 0.3) is 0 Å². The van der Waals surface area contributed by atoms with Crippen molar-refractivity contribution in [3.05, 3.63) is 23.2 Å². The van der Waals surface area contributed by atoms with Crippen molar-refractivity contribution in [2.45, 2.75) is 33.0 Å². The number of methoxy groups -OCH3 is 1. The molecule has 0 bridgehead atoms. The van der Waals surface area contributed by atoms with Crippen molar-refractivity contribution >= 4 is 0 Å². The van der Waals surface area contributed by atoms with Crippen LogP contribution in [-0.2, 0) is 17.8 Å². The Morgan fingerprint density at radius 1 is 1.56 bits per heavy atom. The van der Waals surface area contributed by atoms with E-state index in [1.54, 1.807) is 7.11 Å². The lowest BCUT2D eigenvalue weighted by Crippen LogP contribution is -2.31. The minimum atomic E-state index is 0.372. The van der Waals surface area contributed by atoms with Gasteiger partial charge in [0.1, 0.15) is 11.5 Å². The molecule has 0 aromatic carbocycles. The molecule has 1 atom stereocenters. The fourth-order valence-electron chi connectivity index (χ4n) is 1.64. The van der Waals surface area contributed by atoms with E-state index >= 15 is 0 Å². The second kappa shape index (κ2) is 6.03. The molecule has 1 aromatic rings. The zero-order valence-electron chi connectivity index (χ0n) is 10.6. The molecule has 0 aliphatic rings. The van der Waals surface area contributed by atoms with Crippen molar-refractivity contribution in [2.24, 2.45) is 5.73 Å². The van der Waals surface area contributed by atoms with Crippen LogP contribution < -0.4 is 5.73 Å². The standard InChI is InChI=1S/C12H22N2O2/c1-9-5-11(16-12(9)6-13)7-14(3)10(2)8-15-4/h5,10H,6-8,13H2,1-4H3. The second-order valence-electron chi connectivity index (χ2n) is 4.24. The predicted octanol–water partition coefficient (Wildman–Crippen LogP) is 1.51. The molecule has 16 heavy (non-hydrogen) atoms. The summed E-state index contributed by atoms with van der Waals surface area (Å²) in [7, 11) is 3.78. The summed E-state index contributed by atoms with van der Waals surface area (Å²) in [5, 5.41) is 0. The van der Waals surface area contributed by atoms with Crippen molar-refractivity contribution in [1.82, 2.24) is 4.90 Å². The molecule has 1 unspecified atom stereocenters. The van der Waals surface area contributed by atoms with Gasteiger partial charge < -0.3 is 14.9 Å². The van der Waals surface area contributed by atoms with Crippen molar-refractivity contribution in [3.8, 4) is 0 Å². The van der Waals surface area contributed by atoms with Crippen LogP contribution in [0.3, 0.4) is 0 Å². The van der Waals surface area contributed by atoms with Crippen molar-refractivity contribution in [3.63, 3.8) is 0 Å². The van der Waals surface area contributed by atoms with E-state index in [4.69, 9.17) is 14.9 Å². The Kier molecular flexibility index (Phi) is 4.99. The number of furan rings is 1. The number of hydrogen-bond donors (Lipinski definition) is 1. The highest BCUT2D eigenvalue weighted by atomic mass is 16.5. The number of ether oxygens (including phenoxy) is 1. The van der Waals surface area contributed by atoms with E-state index < -0.39 is 0 Å². The van der Waals surface area contributed by atoms with E-state index in [-0.39, 0.29) is 0 Å². The van der Waals surface area contributed by atoms with Crippen LogP contribution in [-0.4, -0.2) is 31.7 Å². The lowest BCUT2D eigenvalue weighted by molar-refractivity contribution is 0.107. The number of nitrogens with zero attached hydrogens (tertiary/aromatic N) is 1. The number of hydrogen-bond acceptors (Lipinski definition) is 4. The highest BCUT2D eigenvalue weighted by molar-refractivity contribution is 5.19. The molecule has 0 saturated heterocycles. The van der Waals surface area contributed by atoms with Crippen LogP contribution in [0.25, 0.3) is 0 Å². The van der Waals surface area contributed by atoms with Crippen molar-refractivity contribution in [2.75, 3.05) is 20.8 Å². The summed E-state index contributed by atoms with van der Waals surface area (Å²) < 4.78 is 10.8. The van der Waals surface area contributed by atoms with Crippen molar-refractivity contribution < 1.29 is 9.15 Å². The molecular weight excluding hydrogens is 204 g/mol. The first kappa shape index (κ1) is 13.2. The zero-order valence-corrected chi connectivity index (χ0v) is 10.6. The summed E-state index contributed by atoms with van der Waals surface area (Å²) in [4.78, 5) is 2.20. The normalized spacial score (nSPS) is 13.4. The smallest absolute Gasteiger partial charge is 0.120 e. The van der Waals surface area contributed by atoms with Crippen LogP contribution >= 0.6 is 0 Å². The first-order valence-electron chi connectivity index (χ1n) is 5.56.